The van der Waals surface area contributed by atoms with Gasteiger partial charge >= 0.3 is 12.0 Å². The number of carboxylic acid groups (broad SMARTS) is 1. The lowest BCUT2D eigenvalue weighted by molar-refractivity contribution is -0.137. The summed E-state index contributed by atoms with van der Waals surface area (Å²) in [5.41, 5.74) is 0.511. The molecule has 1 unspecified atom stereocenters. The summed E-state index contributed by atoms with van der Waals surface area (Å²) in [4.78, 5) is 22.0. The number of hydrogen-bond acceptors (Lipinski definition) is 2. The van der Waals surface area contributed by atoms with Gasteiger partial charge < -0.3 is 15.7 Å². The van der Waals surface area contributed by atoms with E-state index in [9.17, 15) is 9.59 Å². The van der Waals surface area contributed by atoms with Gasteiger partial charge in [0.25, 0.3) is 0 Å². The normalized spacial score (nSPS) is 11.7. The van der Waals surface area contributed by atoms with Crippen LogP contribution >= 0.6 is 23.2 Å². The maximum atomic E-state index is 11.6. The summed E-state index contributed by atoms with van der Waals surface area (Å²) in [5.74, 6) is -0.890. The Morgan fingerprint density at radius 2 is 2.00 bits per heavy atom. The molecule has 0 radical (unpaired) electrons. The van der Waals surface area contributed by atoms with Crippen LogP contribution in [0.3, 0.4) is 0 Å². The van der Waals surface area contributed by atoms with Crippen LogP contribution in [-0.4, -0.2) is 23.1 Å². The average molecular weight is 305 g/mol. The molecule has 0 aliphatic heterocycles. The molecule has 0 aliphatic carbocycles. The van der Waals surface area contributed by atoms with Crippen LogP contribution in [0.2, 0.25) is 10.0 Å². The van der Waals surface area contributed by atoms with Crippen molar-refractivity contribution in [1.29, 1.82) is 0 Å². The molecule has 3 N–H and O–H groups in total. The third kappa shape index (κ3) is 5.81. The second-order valence-electron chi connectivity index (χ2n) is 4.06. The van der Waals surface area contributed by atoms with Crippen molar-refractivity contribution in [3.05, 3.63) is 28.2 Å². The van der Waals surface area contributed by atoms with Crippen molar-refractivity contribution in [3.63, 3.8) is 0 Å². The van der Waals surface area contributed by atoms with Gasteiger partial charge in [0.1, 0.15) is 0 Å². The third-order valence-corrected chi connectivity index (χ3v) is 3.09. The fourth-order valence-electron chi connectivity index (χ4n) is 1.38. The maximum Gasteiger partial charge on any atom is 0.319 e. The summed E-state index contributed by atoms with van der Waals surface area (Å²) in [6.45, 7) is 1.73. The second-order valence-corrected chi connectivity index (χ2v) is 4.88. The first kappa shape index (κ1) is 15.6. The topological polar surface area (TPSA) is 78.4 Å². The van der Waals surface area contributed by atoms with Gasteiger partial charge in [-0.25, -0.2) is 4.79 Å². The van der Waals surface area contributed by atoms with E-state index in [1.165, 1.54) is 6.07 Å². The number of urea groups is 1. The van der Waals surface area contributed by atoms with Crippen molar-refractivity contribution in [2.24, 2.45) is 0 Å². The molecule has 0 fully saturated rings. The summed E-state index contributed by atoms with van der Waals surface area (Å²) in [6.07, 6.45) is 0.373. The fourth-order valence-corrected chi connectivity index (χ4v) is 1.68. The first-order valence-electron chi connectivity index (χ1n) is 5.63. The molecule has 0 aliphatic rings. The molecule has 0 bridgehead atoms. The predicted octanol–water partition coefficient (Wildman–Crippen LogP) is 3.37. The molecule has 0 saturated carbocycles. The Labute approximate surface area is 120 Å². The van der Waals surface area contributed by atoms with Crippen LogP contribution in [0.1, 0.15) is 19.8 Å². The van der Waals surface area contributed by atoms with Gasteiger partial charge in [-0.3, -0.25) is 4.79 Å². The van der Waals surface area contributed by atoms with Crippen molar-refractivity contribution in [1.82, 2.24) is 5.32 Å². The van der Waals surface area contributed by atoms with Gasteiger partial charge in [0.15, 0.2) is 0 Å². The second kappa shape index (κ2) is 7.21. The largest absolute Gasteiger partial charge is 0.481 e. The van der Waals surface area contributed by atoms with Crippen LogP contribution in [0.25, 0.3) is 0 Å². The average Bonchev–Trinajstić information content (AvgIpc) is 2.31. The monoisotopic (exact) mass is 304 g/mol. The number of carboxylic acids is 1. The molecule has 5 nitrogen and oxygen atoms in total. The molecular formula is C12H14Cl2N2O3. The van der Waals surface area contributed by atoms with Crippen molar-refractivity contribution in [2.75, 3.05) is 5.32 Å². The number of aliphatic carboxylic acids is 1. The number of carbonyl (C=O) groups is 2. The summed E-state index contributed by atoms with van der Waals surface area (Å²) < 4.78 is 0. The van der Waals surface area contributed by atoms with E-state index in [-0.39, 0.29) is 12.5 Å². The number of halogens is 2. The highest BCUT2D eigenvalue weighted by Gasteiger charge is 2.09. The number of carbonyl (C=O) groups excluding carboxylic acids is 1. The lowest BCUT2D eigenvalue weighted by Crippen LogP contribution is -2.36. The molecule has 1 aromatic carbocycles. The van der Waals surface area contributed by atoms with Crippen LogP contribution in [0.4, 0.5) is 10.5 Å². The van der Waals surface area contributed by atoms with E-state index in [1.807, 2.05) is 0 Å². The number of anilines is 1. The highest BCUT2D eigenvalue weighted by molar-refractivity contribution is 6.42. The van der Waals surface area contributed by atoms with E-state index in [0.717, 1.165) is 0 Å². The Balaban J connectivity index is 2.46. The number of nitrogens with one attached hydrogen (secondary N) is 2. The van der Waals surface area contributed by atoms with Gasteiger partial charge in [0.05, 0.1) is 10.0 Å². The zero-order chi connectivity index (χ0) is 14.4. The molecule has 0 saturated heterocycles. The van der Waals surface area contributed by atoms with Crippen molar-refractivity contribution < 1.29 is 14.7 Å². The van der Waals surface area contributed by atoms with Gasteiger partial charge in [-0.2, -0.15) is 0 Å². The lowest BCUT2D eigenvalue weighted by Gasteiger charge is -2.13. The third-order valence-electron chi connectivity index (χ3n) is 2.35. The first-order valence-corrected chi connectivity index (χ1v) is 6.38. The van der Waals surface area contributed by atoms with Crippen LogP contribution in [0.5, 0.6) is 0 Å². The van der Waals surface area contributed by atoms with Crippen LogP contribution in [0, 0.1) is 0 Å². The van der Waals surface area contributed by atoms with E-state index in [4.69, 9.17) is 28.3 Å². The Morgan fingerprint density at radius 3 is 2.58 bits per heavy atom. The quantitative estimate of drug-likeness (QED) is 0.780. The van der Waals surface area contributed by atoms with Gasteiger partial charge in [0.2, 0.25) is 0 Å². The smallest absolute Gasteiger partial charge is 0.319 e. The summed E-state index contributed by atoms with van der Waals surface area (Å²) in [5, 5.41) is 14.5. The molecule has 0 heterocycles. The molecule has 2 amide bonds. The highest BCUT2D eigenvalue weighted by Crippen LogP contribution is 2.24. The Morgan fingerprint density at radius 1 is 1.32 bits per heavy atom. The van der Waals surface area contributed by atoms with Gasteiger partial charge in [-0.05, 0) is 31.5 Å². The number of hydrogen-bond donors (Lipinski definition) is 3. The minimum Gasteiger partial charge on any atom is -0.481 e. The highest BCUT2D eigenvalue weighted by atomic mass is 35.5. The van der Waals surface area contributed by atoms with Crippen molar-refractivity contribution in [3.8, 4) is 0 Å². The molecule has 1 aromatic rings. The van der Waals surface area contributed by atoms with Crippen LogP contribution in [-0.2, 0) is 4.79 Å². The molecule has 1 atom stereocenters. The fraction of sp³-hybridized carbons (Fsp3) is 0.333. The first-order chi connectivity index (χ1) is 8.88. The van der Waals surface area contributed by atoms with Gasteiger partial charge in [-0.15, -0.1) is 0 Å². The van der Waals surface area contributed by atoms with Crippen molar-refractivity contribution in [2.45, 2.75) is 25.8 Å². The number of benzene rings is 1. The summed E-state index contributed by atoms with van der Waals surface area (Å²) in [7, 11) is 0. The SMILES string of the molecule is CC(CCC(=O)O)NC(=O)Nc1ccc(Cl)c(Cl)c1. The lowest BCUT2D eigenvalue weighted by atomic mass is 10.2. The Hall–Kier alpha value is -1.46. The predicted molar refractivity (Wildman–Crippen MR) is 74.9 cm³/mol. The van der Waals surface area contributed by atoms with E-state index in [0.29, 0.717) is 22.2 Å². The van der Waals surface area contributed by atoms with E-state index in [1.54, 1.807) is 19.1 Å². The van der Waals surface area contributed by atoms with E-state index < -0.39 is 12.0 Å². The molecule has 0 spiro atoms. The minimum absolute atomic E-state index is 0.00815. The summed E-state index contributed by atoms with van der Waals surface area (Å²) >= 11 is 11.6. The van der Waals surface area contributed by atoms with Crippen LogP contribution < -0.4 is 10.6 Å². The standard InChI is InChI=1S/C12H14Cl2N2O3/c1-7(2-5-11(17)18)15-12(19)16-8-3-4-9(13)10(14)6-8/h3-4,6-7H,2,5H2,1H3,(H,17,18)(H2,15,16,19). The van der Waals surface area contributed by atoms with Gasteiger partial charge in [0, 0.05) is 18.2 Å². The van der Waals surface area contributed by atoms with Crippen LogP contribution in [0.15, 0.2) is 18.2 Å². The zero-order valence-electron chi connectivity index (χ0n) is 10.2. The molecular weight excluding hydrogens is 291 g/mol. The molecule has 1 rings (SSSR count). The van der Waals surface area contributed by atoms with E-state index >= 15 is 0 Å². The van der Waals surface area contributed by atoms with Crippen molar-refractivity contribution >= 4 is 40.9 Å². The summed E-state index contributed by atoms with van der Waals surface area (Å²) in [6, 6.07) is 4.07. The molecule has 19 heavy (non-hydrogen) atoms. The molecule has 7 heteroatoms. The Kier molecular flexibility index (Phi) is 5.92. The Bertz CT molecular complexity index is 480. The van der Waals surface area contributed by atoms with E-state index in [2.05, 4.69) is 10.6 Å². The molecule has 0 aromatic heterocycles. The zero-order valence-corrected chi connectivity index (χ0v) is 11.8. The van der Waals surface area contributed by atoms with Gasteiger partial charge in [-0.1, -0.05) is 23.2 Å². The minimum atomic E-state index is -0.890. The number of amides is 2. The number of rotatable bonds is 5. The maximum absolute atomic E-state index is 11.6. The molecule has 104 valence electrons.